The zero-order valence-electron chi connectivity index (χ0n) is 17.3. The van der Waals surface area contributed by atoms with Crippen molar-refractivity contribution in [1.29, 1.82) is 0 Å². The number of rotatable bonds is 4. The largest absolute Gasteiger partial charge is 0.497 e. The average Bonchev–Trinajstić information content (AvgIpc) is 3.33. The van der Waals surface area contributed by atoms with Crippen LogP contribution in [0.25, 0.3) is 11.1 Å². The number of carbonyl (C=O) groups excluding carboxylic acids is 1. The van der Waals surface area contributed by atoms with Crippen LogP contribution in [-0.4, -0.2) is 20.0 Å². The molecule has 1 saturated carbocycles. The fourth-order valence-corrected chi connectivity index (χ4v) is 5.18. The SMILES string of the molecule is COc1ccc(C2=C(c3ccc(OC)cc3)[C@@]3(CCCC3=O)c3ccccc32)cc1. The van der Waals surface area contributed by atoms with Crippen molar-refractivity contribution in [3.05, 3.63) is 95.1 Å². The molecule has 3 aromatic rings. The van der Waals surface area contributed by atoms with Crippen LogP contribution in [0.5, 0.6) is 11.5 Å². The third kappa shape index (κ3) is 2.62. The van der Waals surface area contributed by atoms with Gasteiger partial charge in [0.25, 0.3) is 0 Å². The first-order valence-electron chi connectivity index (χ1n) is 10.4. The number of hydrogen-bond acceptors (Lipinski definition) is 3. The van der Waals surface area contributed by atoms with E-state index in [1.165, 1.54) is 0 Å². The van der Waals surface area contributed by atoms with Crippen molar-refractivity contribution in [3.63, 3.8) is 0 Å². The predicted molar refractivity (Wildman–Crippen MR) is 119 cm³/mol. The van der Waals surface area contributed by atoms with Crippen molar-refractivity contribution in [2.75, 3.05) is 14.2 Å². The minimum atomic E-state index is -0.569. The van der Waals surface area contributed by atoms with Crippen LogP contribution in [0, 0.1) is 0 Å². The Kier molecular flexibility index (Phi) is 4.47. The van der Waals surface area contributed by atoms with Gasteiger partial charge >= 0.3 is 0 Å². The Hall–Kier alpha value is -3.33. The summed E-state index contributed by atoms with van der Waals surface area (Å²) in [5.41, 5.74) is 6.18. The number of Topliss-reactive ketones (excluding diaryl/α,β-unsaturated/α-hetero) is 1. The van der Waals surface area contributed by atoms with Crippen molar-refractivity contribution in [2.45, 2.75) is 24.7 Å². The first kappa shape index (κ1) is 18.7. The van der Waals surface area contributed by atoms with Gasteiger partial charge in [-0.15, -0.1) is 0 Å². The topological polar surface area (TPSA) is 35.5 Å². The Bertz CT molecular complexity index is 1140. The second-order valence-corrected chi connectivity index (χ2v) is 7.93. The lowest BCUT2D eigenvalue weighted by atomic mass is 9.72. The number of ketones is 1. The summed E-state index contributed by atoms with van der Waals surface area (Å²) in [4.78, 5) is 13.5. The molecular formula is C27H24O3. The maximum absolute atomic E-state index is 13.5. The molecule has 0 saturated heterocycles. The van der Waals surface area contributed by atoms with E-state index in [0.29, 0.717) is 12.2 Å². The molecular weight excluding hydrogens is 372 g/mol. The molecule has 0 bridgehead atoms. The zero-order valence-corrected chi connectivity index (χ0v) is 17.3. The summed E-state index contributed by atoms with van der Waals surface area (Å²) < 4.78 is 10.7. The molecule has 30 heavy (non-hydrogen) atoms. The number of carbonyl (C=O) groups is 1. The highest BCUT2D eigenvalue weighted by atomic mass is 16.5. The molecule has 1 atom stereocenters. The average molecular weight is 396 g/mol. The van der Waals surface area contributed by atoms with Gasteiger partial charge in [0.05, 0.1) is 19.6 Å². The lowest BCUT2D eigenvalue weighted by Crippen LogP contribution is -2.30. The molecule has 0 heterocycles. The molecule has 1 spiro atoms. The van der Waals surface area contributed by atoms with Gasteiger partial charge in [0, 0.05) is 6.42 Å². The van der Waals surface area contributed by atoms with Gasteiger partial charge in [-0.05, 0) is 70.5 Å². The number of methoxy groups -OCH3 is 2. The standard InChI is InChI=1S/C27H24O3/c1-29-20-13-9-18(10-14-20)25-22-6-3-4-7-23(22)27(17-5-8-24(27)28)26(25)19-11-15-21(30-2)16-12-19/h3-4,6-7,9-16H,5,8,17H2,1-2H3/t27-/m0/s1. The van der Waals surface area contributed by atoms with Crippen molar-refractivity contribution in [2.24, 2.45) is 0 Å². The highest BCUT2D eigenvalue weighted by Crippen LogP contribution is 2.58. The van der Waals surface area contributed by atoms with Gasteiger partial charge in [-0.1, -0.05) is 48.5 Å². The van der Waals surface area contributed by atoms with E-state index >= 15 is 0 Å². The summed E-state index contributed by atoms with van der Waals surface area (Å²) in [5, 5.41) is 0. The van der Waals surface area contributed by atoms with E-state index in [1.54, 1.807) is 14.2 Å². The summed E-state index contributed by atoms with van der Waals surface area (Å²) >= 11 is 0. The lowest BCUT2D eigenvalue weighted by Gasteiger charge is -2.28. The van der Waals surface area contributed by atoms with E-state index in [4.69, 9.17) is 9.47 Å². The van der Waals surface area contributed by atoms with E-state index < -0.39 is 5.41 Å². The Morgan fingerprint density at radius 1 is 0.767 bits per heavy atom. The number of ether oxygens (including phenoxy) is 2. The van der Waals surface area contributed by atoms with Gasteiger partial charge in [-0.25, -0.2) is 0 Å². The van der Waals surface area contributed by atoms with Crippen molar-refractivity contribution in [1.82, 2.24) is 0 Å². The van der Waals surface area contributed by atoms with E-state index in [2.05, 4.69) is 48.5 Å². The zero-order chi connectivity index (χ0) is 20.7. The van der Waals surface area contributed by atoms with Crippen LogP contribution in [0.3, 0.4) is 0 Å². The van der Waals surface area contributed by atoms with Gasteiger partial charge in [0.15, 0.2) is 0 Å². The van der Waals surface area contributed by atoms with Gasteiger partial charge in [-0.3, -0.25) is 4.79 Å². The van der Waals surface area contributed by atoms with Crippen LogP contribution in [0.1, 0.15) is 41.5 Å². The highest BCUT2D eigenvalue weighted by Gasteiger charge is 2.52. The molecule has 3 heteroatoms. The Morgan fingerprint density at radius 2 is 1.37 bits per heavy atom. The second-order valence-electron chi connectivity index (χ2n) is 7.93. The van der Waals surface area contributed by atoms with Crippen molar-refractivity contribution < 1.29 is 14.3 Å². The lowest BCUT2D eigenvalue weighted by molar-refractivity contribution is -0.120. The van der Waals surface area contributed by atoms with Gasteiger partial charge in [0.2, 0.25) is 0 Å². The number of hydrogen-bond donors (Lipinski definition) is 0. The molecule has 3 aromatic carbocycles. The van der Waals surface area contributed by atoms with Gasteiger partial charge in [0.1, 0.15) is 17.3 Å². The fourth-order valence-electron chi connectivity index (χ4n) is 5.18. The summed E-state index contributed by atoms with van der Waals surface area (Å²) in [6, 6.07) is 24.7. The quantitative estimate of drug-likeness (QED) is 0.570. The van der Waals surface area contributed by atoms with Crippen LogP contribution in [-0.2, 0) is 10.2 Å². The Labute approximate surface area is 177 Å². The van der Waals surface area contributed by atoms with Gasteiger partial charge < -0.3 is 9.47 Å². The number of fused-ring (bicyclic) bond motifs is 2. The van der Waals surface area contributed by atoms with E-state index in [0.717, 1.165) is 57.7 Å². The van der Waals surface area contributed by atoms with Crippen molar-refractivity contribution >= 4 is 16.9 Å². The maximum Gasteiger partial charge on any atom is 0.147 e. The van der Waals surface area contributed by atoms with E-state index in [-0.39, 0.29) is 0 Å². The minimum Gasteiger partial charge on any atom is -0.497 e. The molecule has 5 rings (SSSR count). The second kappa shape index (κ2) is 7.17. The molecule has 2 aliphatic rings. The normalized spacial score (nSPS) is 20.0. The van der Waals surface area contributed by atoms with Crippen LogP contribution < -0.4 is 9.47 Å². The maximum atomic E-state index is 13.5. The fraction of sp³-hybridized carbons (Fsp3) is 0.222. The molecule has 150 valence electrons. The van der Waals surface area contributed by atoms with Crippen LogP contribution >= 0.6 is 0 Å². The monoisotopic (exact) mass is 396 g/mol. The van der Waals surface area contributed by atoms with Crippen LogP contribution in [0.2, 0.25) is 0 Å². The molecule has 0 radical (unpaired) electrons. The summed E-state index contributed by atoms with van der Waals surface area (Å²) in [7, 11) is 3.35. The first-order valence-corrected chi connectivity index (χ1v) is 10.4. The van der Waals surface area contributed by atoms with E-state index in [1.807, 2.05) is 24.3 Å². The van der Waals surface area contributed by atoms with Crippen LogP contribution in [0.15, 0.2) is 72.8 Å². The molecule has 0 amide bonds. The van der Waals surface area contributed by atoms with E-state index in [9.17, 15) is 4.79 Å². The van der Waals surface area contributed by atoms with Crippen molar-refractivity contribution in [3.8, 4) is 11.5 Å². The molecule has 3 nitrogen and oxygen atoms in total. The van der Waals surface area contributed by atoms with Gasteiger partial charge in [-0.2, -0.15) is 0 Å². The summed E-state index contributed by atoms with van der Waals surface area (Å²) in [6.45, 7) is 0. The molecule has 1 fully saturated rings. The number of benzene rings is 3. The summed E-state index contributed by atoms with van der Waals surface area (Å²) in [6.07, 6.45) is 2.40. The molecule has 0 aromatic heterocycles. The Balaban J connectivity index is 1.83. The third-order valence-corrected chi connectivity index (χ3v) is 6.52. The Morgan fingerprint density at radius 3 is 1.93 bits per heavy atom. The molecule has 0 unspecified atom stereocenters. The summed E-state index contributed by atoms with van der Waals surface area (Å²) in [5.74, 6) is 1.96. The van der Waals surface area contributed by atoms with Crippen LogP contribution in [0.4, 0.5) is 0 Å². The third-order valence-electron chi connectivity index (χ3n) is 6.52. The molecule has 0 N–H and O–H groups in total. The molecule has 2 aliphatic carbocycles. The first-order chi connectivity index (χ1) is 14.7. The predicted octanol–water partition coefficient (Wildman–Crippen LogP) is 5.67. The smallest absolute Gasteiger partial charge is 0.147 e. The highest BCUT2D eigenvalue weighted by molar-refractivity contribution is 6.18. The minimum absolute atomic E-state index is 0.323. The number of allylic oxidation sites excluding steroid dienone is 1. The molecule has 0 aliphatic heterocycles.